The van der Waals surface area contributed by atoms with Gasteiger partial charge in [0.1, 0.15) is 0 Å². The molecule has 1 heterocycles. The number of terminal acetylenes is 1. The molecule has 0 saturated heterocycles. The van der Waals surface area contributed by atoms with Crippen molar-refractivity contribution in [2.45, 2.75) is 26.4 Å². The van der Waals surface area contributed by atoms with Crippen LogP contribution in [0.5, 0.6) is 0 Å². The van der Waals surface area contributed by atoms with Gasteiger partial charge in [0.25, 0.3) is 0 Å². The van der Waals surface area contributed by atoms with Gasteiger partial charge < -0.3 is 5.32 Å². The number of thiophene rings is 1. The van der Waals surface area contributed by atoms with Crippen LogP contribution in [0.1, 0.15) is 23.1 Å². The van der Waals surface area contributed by atoms with Crippen LogP contribution in [0, 0.1) is 12.3 Å². The summed E-state index contributed by atoms with van der Waals surface area (Å²) in [5.74, 6) is 2.65. The van der Waals surface area contributed by atoms with E-state index < -0.39 is 0 Å². The van der Waals surface area contributed by atoms with Gasteiger partial charge in [0.2, 0.25) is 0 Å². The zero-order valence-electron chi connectivity index (χ0n) is 10.1. The van der Waals surface area contributed by atoms with Crippen LogP contribution in [-0.4, -0.2) is 25.0 Å². The van der Waals surface area contributed by atoms with E-state index in [0.717, 1.165) is 19.6 Å². The van der Waals surface area contributed by atoms with Crippen molar-refractivity contribution in [1.29, 1.82) is 0 Å². The molecule has 0 aliphatic heterocycles. The molecule has 1 aromatic rings. The number of hydrogen-bond donors (Lipinski definition) is 1. The molecule has 0 radical (unpaired) electrons. The Bertz CT molecular complexity index is 338. The Morgan fingerprint density at radius 1 is 1.44 bits per heavy atom. The van der Waals surface area contributed by atoms with E-state index in [1.807, 2.05) is 11.3 Å². The third kappa shape index (κ3) is 4.80. The lowest BCUT2D eigenvalue weighted by Crippen LogP contribution is -2.16. The van der Waals surface area contributed by atoms with Crippen molar-refractivity contribution in [2.24, 2.45) is 0 Å². The Balaban J connectivity index is 2.36. The minimum Gasteiger partial charge on any atom is -0.312 e. The van der Waals surface area contributed by atoms with Crippen molar-refractivity contribution < 1.29 is 0 Å². The molecule has 0 saturated carbocycles. The van der Waals surface area contributed by atoms with Gasteiger partial charge >= 0.3 is 0 Å². The van der Waals surface area contributed by atoms with Crippen LogP contribution in [0.2, 0.25) is 0 Å². The molecular weight excluding hydrogens is 216 g/mol. The van der Waals surface area contributed by atoms with Gasteiger partial charge in [-0.3, -0.25) is 4.90 Å². The maximum atomic E-state index is 5.27. The van der Waals surface area contributed by atoms with Gasteiger partial charge in [-0.25, -0.2) is 0 Å². The first kappa shape index (κ1) is 13.2. The second-order valence-electron chi connectivity index (χ2n) is 3.92. The molecule has 1 aromatic heterocycles. The third-order valence-electron chi connectivity index (χ3n) is 2.23. The van der Waals surface area contributed by atoms with Crippen molar-refractivity contribution in [1.82, 2.24) is 10.2 Å². The standard InChI is InChI=1S/C13H20N2S/c1-4-8-14-10-12-6-7-13(16-12)11-15(3)9-5-2/h2,6-7,14H,4,8-11H2,1,3H3. The SMILES string of the molecule is C#CCN(C)Cc1ccc(CNCCC)s1. The van der Waals surface area contributed by atoms with Crippen molar-refractivity contribution in [3.63, 3.8) is 0 Å². The third-order valence-corrected chi connectivity index (χ3v) is 3.30. The van der Waals surface area contributed by atoms with E-state index in [1.165, 1.54) is 16.2 Å². The molecule has 0 bridgehead atoms. The molecule has 16 heavy (non-hydrogen) atoms. The van der Waals surface area contributed by atoms with E-state index >= 15 is 0 Å². The van der Waals surface area contributed by atoms with E-state index in [0.29, 0.717) is 6.54 Å². The Kier molecular flexibility index (Phi) is 6.17. The molecule has 1 rings (SSSR count). The number of nitrogens with one attached hydrogen (secondary N) is 1. The fraction of sp³-hybridized carbons (Fsp3) is 0.538. The van der Waals surface area contributed by atoms with Crippen molar-refractivity contribution >= 4 is 11.3 Å². The topological polar surface area (TPSA) is 15.3 Å². The van der Waals surface area contributed by atoms with Gasteiger partial charge in [0.15, 0.2) is 0 Å². The molecule has 3 heteroatoms. The molecule has 0 fully saturated rings. The lowest BCUT2D eigenvalue weighted by Gasteiger charge is -2.10. The smallest absolute Gasteiger partial charge is 0.0599 e. The van der Waals surface area contributed by atoms with E-state index in [4.69, 9.17) is 6.42 Å². The first-order valence-corrected chi connectivity index (χ1v) is 6.48. The summed E-state index contributed by atoms with van der Waals surface area (Å²) in [5.41, 5.74) is 0. The predicted octanol–water partition coefficient (Wildman–Crippen LogP) is 2.31. The summed E-state index contributed by atoms with van der Waals surface area (Å²) < 4.78 is 0. The molecule has 88 valence electrons. The van der Waals surface area contributed by atoms with Crippen LogP contribution in [0.25, 0.3) is 0 Å². The van der Waals surface area contributed by atoms with E-state index in [2.05, 4.69) is 42.2 Å². The summed E-state index contributed by atoms with van der Waals surface area (Å²) in [6, 6.07) is 4.40. The van der Waals surface area contributed by atoms with E-state index in [1.54, 1.807) is 0 Å². The van der Waals surface area contributed by atoms with Gasteiger partial charge in [0, 0.05) is 22.8 Å². The lowest BCUT2D eigenvalue weighted by atomic mass is 10.4. The highest BCUT2D eigenvalue weighted by molar-refractivity contribution is 7.11. The van der Waals surface area contributed by atoms with Gasteiger partial charge in [-0.05, 0) is 32.1 Å². The normalized spacial score (nSPS) is 10.6. The summed E-state index contributed by atoms with van der Waals surface area (Å²) in [5, 5.41) is 3.41. The minimum atomic E-state index is 0.710. The van der Waals surface area contributed by atoms with Gasteiger partial charge in [0.05, 0.1) is 6.54 Å². The fourth-order valence-electron chi connectivity index (χ4n) is 1.47. The highest BCUT2D eigenvalue weighted by Crippen LogP contribution is 2.17. The first-order chi connectivity index (χ1) is 7.76. The van der Waals surface area contributed by atoms with E-state index in [9.17, 15) is 0 Å². The quantitative estimate of drug-likeness (QED) is 0.577. The number of rotatable bonds is 7. The average Bonchev–Trinajstić information content (AvgIpc) is 2.66. The highest BCUT2D eigenvalue weighted by Gasteiger charge is 2.02. The summed E-state index contributed by atoms with van der Waals surface area (Å²) in [6.07, 6.45) is 6.45. The minimum absolute atomic E-state index is 0.710. The summed E-state index contributed by atoms with van der Waals surface area (Å²) >= 11 is 1.86. The molecule has 0 aromatic carbocycles. The molecule has 0 aliphatic carbocycles. The molecule has 2 nitrogen and oxygen atoms in total. The molecule has 0 amide bonds. The van der Waals surface area contributed by atoms with Crippen molar-refractivity contribution in [2.75, 3.05) is 20.1 Å². The molecular formula is C13H20N2S. The Hall–Kier alpha value is -0.820. The van der Waals surface area contributed by atoms with Crippen LogP contribution in [0.4, 0.5) is 0 Å². The molecule has 1 N–H and O–H groups in total. The summed E-state index contributed by atoms with van der Waals surface area (Å²) in [6.45, 7) is 5.91. The highest BCUT2D eigenvalue weighted by atomic mass is 32.1. The number of nitrogens with zero attached hydrogens (tertiary/aromatic N) is 1. The summed E-state index contributed by atoms with van der Waals surface area (Å²) in [7, 11) is 2.05. The average molecular weight is 236 g/mol. The van der Waals surface area contributed by atoms with Gasteiger partial charge in [-0.2, -0.15) is 0 Å². The van der Waals surface area contributed by atoms with Crippen LogP contribution >= 0.6 is 11.3 Å². The van der Waals surface area contributed by atoms with E-state index in [-0.39, 0.29) is 0 Å². The molecule has 0 aliphatic rings. The van der Waals surface area contributed by atoms with Gasteiger partial charge in [-0.1, -0.05) is 12.8 Å². The Labute approximate surface area is 103 Å². The lowest BCUT2D eigenvalue weighted by molar-refractivity contribution is 0.372. The monoisotopic (exact) mass is 236 g/mol. The summed E-state index contributed by atoms with van der Waals surface area (Å²) in [4.78, 5) is 4.93. The molecule has 0 unspecified atom stereocenters. The van der Waals surface area contributed by atoms with Crippen LogP contribution < -0.4 is 5.32 Å². The second kappa shape index (κ2) is 7.45. The van der Waals surface area contributed by atoms with Crippen LogP contribution in [0.15, 0.2) is 12.1 Å². The van der Waals surface area contributed by atoms with Crippen molar-refractivity contribution in [3.8, 4) is 12.3 Å². The number of hydrogen-bond acceptors (Lipinski definition) is 3. The Morgan fingerprint density at radius 3 is 2.88 bits per heavy atom. The zero-order valence-corrected chi connectivity index (χ0v) is 10.9. The maximum Gasteiger partial charge on any atom is 0.0599 e. The largest absolute Gasteiger partial charge is 0.312 e. The maximum absolute atomic E-state index is 5.27. The Morgan fingerprint density at radius 2 is 2.19 bits per heavy atom. The second-order valence-corrected chi connectivity index (χ2v) is 5.17. The predicted molar refractivity (Wildman–Crippen MR) is 71.5 cm³/mol. The fourth-order valence-corrected chi connectivity index (χ4v) is 2.54. The zero-order chi connectivity index (χ0) is 11.8. The molecule has 0 spiro atoms. The van der Waals surface area contributed by atoms with Gasteiger partial charge in [-0.15, -0.1) is 17.8 Å². The van der Waals surface area contributed by atoms with Crippen LogP contribution in [-0.2, 0) is 13.1 Å². The van der Waals surface area contributed by atoms with Crippen LogP contribution in [0.3, 0.4) is 0 Å². The van der Waals surface area contributed by atoms with Crippen molar-refractivity contribution in [3.05, 3.63) is 21.9 Å². The first-order valence-electron chi connectivity index (χ1n) is 5.66. The molecule has 0 atom stereocenters.